The van der Waals surface area contributed by atoms with E-state index < -0.39 is 5.75 Å². The van der Waals surface area contributed by atoms with Crippen LogP contribution in [0.25, 0.3) is 0 Å². The SMILES string of the molecule is Oc1cc(C2CCN2)cc(O)c1O. The van der Waals surface area contributed by atoms with E-state index in [2.05, 4.69) is 5.32 Å². The van der Waals surface area contributed by atoms with Gasteiger partial charge in [0.25, 0.3) is 0 Å². The van der Waals surface area contributed by atoms with Gasteiger partial charge in [0.2, 0.25) is 0 Å². The van der Waals surface area contributed by atoms with Crippen LogP contribution in [0.1, 0.15) is 18.0 Å². The number of phenolic OH excluding ortho intramolecular Hbond substituents is 3. The molecule has 1 atom stereocenters. The van der Waals surface area contributed by atoms with Crippen molar-refractivity contribution < 1.29 is 15.3 Å². The number of benzene rings is 1. The molecule has 13 heavy (non-hydrogen) atoms. The second kappa shape index (κ2) is 2.81. The largest absolute Gasteiger partial charge is 0.504 e. The van der Waals surface area contributed by atoms with Gasteiger partial charge in [0.15, 0.2) is 17.2 Å². The molecule has 0 aliphatic carbocycles. The minimum absolute atomic E-state index is 0.192. The third-order valence-corrected chi connectivity index (χ3v) is 2.32. The molecule has 1 saturated heterocycles. The normalized spacial score (nSPS) is 21.1. The van der Waals surface area contributed by atoms with Crippen molar-refractivity contribution in [1.29, 1.82) is 0 Å². The van der Waals surface area contributed by atoms with E-state index in [1.165, 1.54) is 12.1 Å². The van der Waals surface area contributed by atoms with Gasteiger partial charge in [-0.15, -0.1) is 0 Å². The van der Waals surface area contributed by atoms with E-state index in [0.717, 1.165) is 18.5 Å². The van der Waals surface area contributed by atoms with E-state index >= 15 is 0 Å². The lowest BCUT2D eigenvalue weighted by atomic mass is 9.97. The number of aromatic hydroxyl groups is 3. The van der Waals surface area contributed by atoms with Gasteiger partial charge in [0.05, 0.1) is 0 Å². The van der Waals surface area contributed by atoms with Crippen LogP contribution in [0.3, 0.4) is 0 Å². The van der Waals surface area contributed by atoms with Crippen LogP contribution < -0.4 is 5.32 Å². The van der Waals surface area contributed by atoms with Crippen LogP contribution in [-0.4, -0.2) is 21.9 Å². The molecule has 1 unspecified atom stereocenters. The lowest BCUT2D eigenvalue weighted by Crippen LogP contribution is -2.34. The zero-order chi connectivity index (χ0) is 9.42. The van der Waals surface area contributed by atoms with E-state index in [9.17, 15) is 10.2 Å². The first-order valence-corrected chi connectivity index (χ1v) is 4.16. The van der Waals surface area contributed by atoms with E-state index in [0.29, 0.717) is 0 Å². The molecule has 0 radical (unpaired) electrons. The molecule has 0 spiro atoms. The van der Waals surface area contributed by atoms with Crippen LogP contribution in [0.2, 0.25) is 0 Å². The Morgan fingerprint density at radius 2 is 1.69 bits per heavy atom. The molecular formula is C9H11NO3. The fourth-order valence-electron chi connectivity index (χ4n) is 1.40. The van der Waals surface area contributed by atoms with Crippen LogP contribution in [0.4, 0.5) is 0 Å². The van der Waals surface area contributed by atoms with Crippen LogP contribution in [0.5, 0.6) is 17.2 Å². The summed E-state index contributed by atoms with van der Waals surface area (Å²) in [5, 5.41) is 30.6. The lowest BCUT2D eigenvalue weighted by molar-refractivity contribution is 0.355. The maximum Gasteiger partial charge on any atom is 0.200 e. The van der Waals surface area contributed by atoms with Crippen molar-refractivity contribution in [2.45, 2.75) is 12.5 Å². The summed E-state index contributed by atoms with van der Waals surface area (Å²) in [5.74, 6) is -1.00. The molecular weight excluding hydrogens is 170 g/mol. The highest BCUT2D eigenvalue weighted by atomic mass is 16.3. The lowest BCUT2D eigenvalue weighted by Gasteiger charge is -2.28. The number of nitrogens with one attached hydrogen (secondary N) is 1. The highest BCUT2D eigenvalue weighted by molar-refractivity contribution is 5.51. The van der Waals surface area contributed by atoms with Crippen LogP contribution in [-0.2, 0) is 0 Å². The summed E-state index contributed by atoms with van der Waals surface area (Å²) in [5.41, 5.74) is 0.805. The van der Waals surface area contributed by atoms with Crippen molar-refractivity contribution in [3.05, 3.63) is 17.7 Å². The first-order valence-electron chi connectivity index (χ1n) is 4.16. The summed E-state index contributed by atoms with van der Waals surface area (Å²) >= 11 is 0. The van der Waals surface area contributed by atoms with Gasteiger partial charge in [0.1, 0.15) is 0 Å². The highest BCUT2D eigenvalue weighted by Gasteiger charge is 2.20. The Morgan fingerprint density at radius 3 is 2.08 bits per heavy atom. The van der Waals surface area contributed by atoms with Crippen molar-refractivity contribution >= 4 is 0 Å². The van der Waals surface area contributed by atoms with Gasteiger partial charge in [-0.25, -0.2) is 0 Å². The summed E-state index contributed by atoms with van der Waals surface area (Å²) in [7, 11) is 0. The first kappa shape index (κ1) is 8.19. The Bertz CT molecular complexity index is 311. The second-order valence-electron chi connectivity index (χ2n) is 3.20. The Kier molecular flexibility index (Phi) is 1.77. The Labute approximate surface area is 75.5 Å². The minimum atomic E-state index is -0.455. The number of rotatable bonds is 1. The fourth-order valence-corrected chi connectivity index (χ4v) is 1.40. The summed E-state index contributed by atoms with van der Waals surface area (Å²) in [6.07, 6.45) is 0.990. The topological polar surface area (TPSA) is 72.7 Å². The van der Waals surface area contributed by atoms with Gasteiger partial charge in [-0.3, -0.25) is 0 Å². The highest BCUT2D eigenvalue weighted by Crippen LogP contribution is 2.38. The molecule has 0 aromatic heterocycles. The molecule has 4 heteroatoms. The molecule has 1 aromatic rings. The van der Waals surface area contributed by atoms with Crippen molar-refractivity contribution in [3.63, 3.8) is 0 Å². The molecule has 1 aromatic carbocycles. The smallest absolute Gasteiger partial charge is 0.200 e. The zero-order valence-corrected chi connectivity index (χ0v) is 6.99. The van der Waals surface area contributed by atoms with Gasteiger partial charge in [0, 0.05) is 6.04 Å². The number of hydrogen-bond donors (Lipinski definition) is 4. The van der Waals surface area contributed by atoms with Gasteiger partial charge >= 0.3 is 0 Å². The average Bonchev–Trinajstić information content (AvgIpc) is 1.96. The molecule has 4 nitrogen and oxygen atoms in total. The standard InChI is InChI=1S/C9H11NO3/c11-7-3-5(6-1-2-10-6)4-8(12)9(7)13/h3-4,6,10-13H,1-2H2. The Balaban J connectivity index is 2.37. The van der Waals surface area contributed by atoms with Crippen LogP contribution in [0, 0.1) is 0 Å². The van der Waals surface area contributed by atoms with E-state index in [1.54, 1.807) is 0 Å². The van der Waals surface area contributed by atoms with Crippen molar-refractivity contribution in [1.82, 2.24) is 5.32 Å². The molecule has 0 amide bonds. The molecule has 1 heterocycles. The zero-order valence-electron chi connectivity index (χ0n) is 6.99. The monoisotopic (exact) mass is 181 g/mol. The van der Waals surface area contributed by atoms with Gasteiger partial charge in [-0.2, -0.15) is 0 Å². The number of phenols is 3. The van der Waals surface area contributed by atoms with E-state index in [4.69, 9.17) is 5.11 Å². The molecule has 4 N–H and O–H groups in total. The summed E-state index contributed by atoms with van der Waals surface area (Å²) in [4.78, 5) is 0. The summed E-state index contributed by atoms with van der Waals surface area (Å²) in [6, 6.07) is 3.12. The molecule has 1 aliphatic rings. The van der Waals surface area contributed by atoms with Gasteiger partial charge in [-0.05, 0) is 30.7 Å². The van der Waals surface area contributed by atoms with Gasteiger partial charge < -0.3 is 20.6 Å². The number of hydrogen-bond acceptors (Lipinski definition) is 4. The van der Waals surface area contributed by atoms with E-state index in [-0.39, 0.29) is 17.5 Å². The molecule has 1 fully saturated rings. The third kappa shape index (κ3) is 1.29. The minimum Gasteiger partial charge on any atom is -0.504 e. The Hall–Kier alpha value is -1.42. The summed E-state index contributed by atoms with van der Waals surface area (Å²) in [6.45, 7) is 0.951. The van der Waals surface area contributed by atoms with Crippen molar-refractivity contribution in [3.8, 4) is 17.2 Å². The third-order valence-electron chi connectivity index (χ3n) is 2.32. The predicted molar refractivity (Wildman–Crippen MR) is 46.8 cm³/mol. The molecule has 70 valence electrons. The quantitative estimate of drug-likeness (QED) is 0.484. The molecule has 2 rings (SSSR count). The van der Waals surface area contributed by atoms with Crippen molar-refractivity contribution in [2.75, 3.05) is 6.54 Å². The maximum atomic E-state index is 9.21. The molecule has 0 bridgehead atoms. The fraction of sp³-hybridized carbons (Fsp3) is 0.333. The molecule has 1 aliphatic heterocycles. The summed E-state index contributed by atoms with van der Waals surface area (Å²) < 4.78 is 0. The predicted octanol–water partition coefficient (Wildman–Crippen LogP) is 0.838. The van der Waals surface area contributed by atoms with E-state index in [1.807, 2.05) is 0 Å². The van der Waals surface area contributed by atoms with Gasteiger partial charge in [-0.1, -0.05) is 0 Å². The second-order valence-corrected chi connectivity index (χ2v) is 3.20. The average molecular weight is 181 g/mol. The van der Waals surface area contributed by atoms with Crippen LogP contribution in [0.15, 0.2) is 12.1 Å². The maximum absolute atomic E-state index is 9.21. The first-order chi connectivity index (χ1) is 6.18. The molecule has 0 saturated carbocycles. The Morgan fingerprint density at radius 1 is 1.15 bits per heavy atom. The van der Waals surface area contributed by atoms with Crippen LogP contribution >= 0.6 is 0 Å². The van der Waals surface area contributed by atoms with Crippen molar-refractivity contribution in [2.24, 2.45) is 0 Å².